The van der Waals surface area contributed by atoms with E-state index in [0.717, 1.165) is 17.8 Å². The molecule has 2 rings (SSSR count). The molecule has 0 heterocycles. The number of unbranched alkanes of at least 4 members (excludes halogenated alkanes) is 4. The minimum atomic E-state index is 0.697. The summed E-state index contributed by atoms with van der Waals surface area (Å²) in [6.07, 6.45) is 24.0. The van der Waals surface area contributed by atoms with Gasteiger partial charge in [-0.2, -0.15) is 0 Å². The van der Waals surface area contributed by atoms with Crippen molar-refractivity contribution in [1.29, 1.82) is 0 Å². The summed E-state index contributed by atoms with van der Waals surface area (Å²) in [4.78, 5) is 0. The van der Waals surface area contributed by atoms with Crippen molar-refractivity contribution in [2.45, 2.75) is 124 Å². The van der Waals surface area contributed by atoms with Gasteiger partial charge in [0.05, 0.1) is 0 Å². The second-order valence-electron chi connectivity index (χ2n) is 9.38. The zero-order chi connectivity index (χ0) is 16.5. The molecule has 23 heavy (non-hydrogen) atoms. The Morgan fingerprint density at radius 1 is 0.696 bits per heavy atom. The van der Waals surface area contributed by atoms with Gasteiger partial charge in [-0.3, -0.25) is 0 Å². The molecule has 0 aliphatic heterocycles. The first-order valence-corrected chi connectivity index (χ1v) is 11.2. The van der Waals surface area contributed by atoms with Crippen LogP contribution in [0.1, 0.15) is 124 Å². The summed E-state index contributed by atoms with van der Waals surface area (Å²) >= 11 is 0. The SMILES string of the molecule is CCCCCC1CCC([C@H]2CC[C@](C)(CCCCC)CC2)CC1. The Bertz CT molecular complexity index is 289. The Kier molecular flexibility index (Phi) is 8.48. The van der Waals surface area contributed by atoms with Crippen LogP contribution in [-0.4, -0.2) is 0 Å². The van der Waals surface area contributed by atoms with Crippen molar-refractivity contribution in [2.24, 2.45) is 23.2 Å². The standard InChI is InChI=1S/C23H44/c1-4-6-8-10-20-11-13-21(14-12-20)22-15-18-23(3,19-16-22)17-9-7-5-2/h20-22H,4-19H2,1-3H3/t20?,21?,22-,23-. The first kappa shape index (κ1) is 19.3. The number of rotatable bonds is 9. The molecule has 0 aromatic carbocycles. The van der Waals surface area contributed by atoms with E-state index in [2.05, 4.69) is 20.8 Å². The fourth-order valence-electron chi connectivity index (χ4n) is 5.49. The lowest BCUT2D eigenvalue weighted by Gasteiger charge is -2.42. The van der Waals surface area contributed by atoms with Gasteiger partial charge in [0.1, 0.15) is 0 Å². The molecule has 0 atom stereocenters. The van der Waals surface area contributed by atoms with Gasteiger partial charge in [-0.25, -0.2) is 0 Å². The molecular weight excluding hydrogens is 276 g/mol. The normalized spacial score (nSPS) is 35.3. The predicted octanol–water partition coefficient (Wildman–Crippen LogP) is 8.15. The molecule has 2 saturated carbocycles. The molecule has 0 saturated heterocycles. The van der Waals surface area contributed by atoms with Crippen LogP contribution in [-0.2, 0) is 0 Å². The molecule has 0 amide bonds. The van der Waals surface area contributed by atoms with Crippen molar-refractivity contribution >= 4 is 0 Å². The second-order valence-corrected chi connectivity index (χ2v) is 9.38. The van der Waals surface area contributed by atoms with Crippen molar-refractivity contribution in [3.8, 4) is 0 Å². The van der Waals surface area contributed by atoms with E-state index in [1.807, 2.05) is 0 Å². The second kappa shape index (κ2) is 10.1. The highest BCUT2D eigenvalue weighted by atomic mass is 14.4. The molecule has 0 N–H and O–H groups in total. The molecule has 0 aromatic rings. The molecule has 0 heteroatoms. The van der Waals surface area contributed by atoms with Crippen LogP contribution in [0.3, 0.4) is 0 Å². The van der Waals surface area contributed by atoms with E-state index in [0.29, 0.717) is 5.41 Å². The maximum Gasteiger partial charge on any atom is -0.0326 e. The lowest BCUT2D eigenvalue weighted by atomic mass is 9.63. The van der Waals surface area contributed by atoms with E-state index < -0.39 is 0 Å². The molecular formula is C23H44. The summed E-state index contributed by atoms with van der Waals surface area (Å²) in [5.74, 6) is 3.27. The maximum absolute atomic E-state index is 2.59. The average molecular weight is 321 g/mol. The summed E-state index contributed by atoms with van der Waals surface area (Å²) in [6, 6.07) is 0. The molecule has 0 bridgehead atoms. The molecule has 0 spiro atoms. The Morgan fingerprint density at radius 3 is 1.87 bits per heavy atom. The number of hydrogen-bond donors (Lipinski definition) is 0. The van der Waals surface area contributed by atoms with E-state index >= 15 is 0 Å². The van der Waals surface area contributed by atoms with Crippen LogP contribution in [0, 0.1) is 23.2 Å². The quantitative estimate of drug-likeness (QED) is 0.376. The molecule has 0 unspecified atom stereocenters. The summed E-state index contributed by atoms with van der Waals surface area (Å²) in [7, 11) is 0. The third kappa shape index (κ3) is 6.43. The highest BCUT2D eigenvalue weighted by molar-refractivity contribution is 4.86. The largest absolute Gasteiger partial charge is 0.0654 e. The van der Waals surface area contributed by atoms with Gasteiger partial charge in [0, 0.05) is 0 Å². The molecule has 2 aliphatic carbocycles. The minimum absolute atomic E-state index is 0.697. The summed E-state index contributed by atoms with van der Waals surface area (Å²) < 4.78 is 0. The van der Waals surface area contributed by atoms with Crippen LogP contribution in [0.25, 0.3) is 0 Å². The fraction of sp³-hybridized carbons (Fsp3) is 1.00. The molecule has 0 radical (unpaired) electrons. The molecule has 2 fully saturated rings. The highest BCUT2D eigenvalue weighted by Gasteiger charge is 2.35. The Balaban J connectivity index is 1.64. The van der Waals surface area contributed by atoms with E-state index in [-0.39, 0.29) is 0 Å². The first-order valence-electron chi connectivity index (χ1n) is 11.2. The Labute approximate surface area is 147 Å². The van der Waals surface area contributed by atoms with Gasteiger partial charge in [-0.05, 0) is 68.1 Å². The molecule has 136 valence electrons. The highest BCUT2D eigenvalue weighted by Crippen LogP contribution is 2.47. The van der Waals surface area contributed by atoms with Crippen LogP contribution >= 0.6 is 0 Å². The van der Waals surface area contributed by atoms with Crippen LogP contribution in [0.15, 0.2) is 0 Å². The molecule has 0 nitrogen and oxygen atoms in total. The summed E-state index contributed by atoms with van der Waals surface area (Å²) in [5, 5.41) is 0. The van der Waals surface area contributed by atoms with Gasteiger partial charge in [-0.1, -0.05) is 78.6 Å². The van der Waals surface area contributed by atoms with Gasteiger partial charge >= 0.3 is 0 Å². The zero-order valence-electron chi connectivity index (χ0n) is 16.5. The number of hydrogen-bond acceptors (Lipinski definition) is 0. The van der Waals surface area contributed by atoms with E-state index in [1.54, 1.807) is 38.5 Å². The van der Waals surface area contributed by atoms with Gasteiger partial charge in [-0.15, -0.1) is 0 Å². The van der Waals surface area contributed by atoms with Crippen LogP contribution in [0.2, 0.25) is 0 Å². The fourth-order valence-corrected chi connectivity index (χ4v) is 5.49. The van der Waals surface area contributed by atoms with Crippen molar-refractivity contribution < 1.29 is 0 Å². The Morgan fingerprint density at radius 2 is 1.26 bits per heavy atom. The van der Waals surface area contributed by atoms with Gasteiger partial charge in [0.15, 0.2) is 0 Å². The smallest absolute Gasteiger partial charge is 0.0326 e. The van der Waals surface area contributed by atoms with E-state index in [1.165, 1.54) is 64.2 Å². The Hall–Kier alpha value is 0. The van der Waals surface area contributed by atoms with Crippen LogP contribution in [0.4, 0.5) is 0 Å². The zero-order valence-corrected chi connectivity index (χ0v) is 16.5. The lowest BCUT2D eigenvalue weighted by molar-refractivity contribution is 0.0950. The lowest BCUT2D eigenvalue weighted by Crippen LogP contribution is -2.30. The third-order valence-electron chi connectivity index (χ3n) is 7.40. The van der Waals surface area contributed by atoms with E-state index in [9.17, 15) is 0 Å². The minimum Gasteiger partial charge on any atom is -0.0654 e. The van der Waals surface area contributed by atoms with Gasteiger partial charge in [0.2, 0.25) is 0 Å². The van der Waals surface area contributed by atoms with Crippen LogP contribution in [0.5, 0.6) is 0 Å². The van der Waals surface area contributed by atoms with Crippen molar-refractivity contribution in [3.63, 3.8) is 0 Å². The maximum atomic E-state index is 2.59. The topological polar surface area (TPSA) is 0 Å². The van der Waals surface area contributed by atoms with Gasteiger partial charge < -0.3 is 0 Å². The van der Waals surface area contributed by atoms with Crippen molar-refractivity contribution in [1.82, 2.24) is 0 Å². The third-order valence-corrected chi connectivity index (χ3v) is 7.40. The van der Waals surface area contributed by atoms with Crippen molar-refractivity contribution in [3.05, 3.63) is 0 Å². The van der Waals surface area contributed by atoms with E-state index in [4.69, 9.17) is 0 Å². The van der Waals surface area contributed by atoms with Gasteiger partial charge in [0.25, 0.3) is 0 Å². The molecule has 0 aromatic heterocycles. The summed E-state index contributed by atoms with van der Waals surface area (Å²) in [6.45, 7) is 7.25. The van der Waals surface area contributed by atoms with Crippen molar-refractivity contribution in [2.75, 3.05) is 0 Å². The average Bonchev–Trinajstić information content (AvgIpc) is 2.57. The first-order chi connectivity index (χ1) is 11.2. The predicted molar refractivity (Wildman–Crippen MR) is 104 cm³/mol. The summed E-state index contributed by atoms with van der Waals surface area (Å²) in [5.41, 5.74) is 0.697. The van der Waals surface area contributed by atoms with Crippen LogP contribution < -0.4 is 0 Å². The monoisotopic (exact) mass is 320 g/mol. The molecule has 2 aliphatic rings.